The molecule has 2 heterocycles. The Hall–Kier alpha value is -1.66. The van der Waals surface area contributed by atoms with Crippen LogP contribution >= 0.6 is 0 Å². The highest BCUT2D eigenvalue weighted by molar-refractivity contribution is 5.78. The Morgan fingerprint density at radius 3 is 2.41 bits per heavy atom. The predicted molar refractivity (Wildman–Crippen MR) is 82.3 cm³/mol. The van der Waals surface area contributed by atoms with Crippen molar-refractivity contribution >= 4 is 11.6 Å². The Morgan fingerprint density at radius 2 is 1.82 bits per heavy atom. The average Bonchev–Trinajstić information content (AvgIpc) is 2.93. The highest BCUT2D eigenvalue weighted by atomic mass is 19.1. The molecule has 2 fully saturated rings. The molecule has 2 aliphatic heterocycles. The lowest BCUT2D eigenvalue weighted by molar-refractivity contribution is -0.132. The summed E-state index contributed by atoms with van der Waals surface area (Å²) in [5.41, 5.74) is 0.996. The summed E-state index contributed by atoms with van der Waals surface area (Å²) in [5, 5.41) is 9.50. The summed E-state index contributed by atoms with van der Waals surface area (Å²) in [6.45, 7) is 4.69. The molecule has 6 heteroatoms. The van der Waals surface area contributed by atoms with Crippen molar-refractivity contribution in [1.29, 1.82) is 0 Å². The minimum atomic E-state index is -0.289. The molecule has 120 valence electrons. The molecule has 1 atom stereocenters. The van der Waals surface area contributed by atoms with Gasteiger partial charge in [0.2, 0.25) is 5.91 Å². The molecule has 5 nitrogen and oxygen atoms in total. The van der Waals surface area contributed by atoms with Crippen molar-refractivity contribution in [2.24, 2.45) is 0 Å². The van der Waals surface area contributed by atoms with Crippen LogP contribution in [0.25, 0.3) is 0 Å². The number of aliphatic hydroxyl groups excluding tert-OH is 1. The summed E-state index contributed by atoms with van der Waals surface area (Å²) in [5.74, 6) is -0.0989. The fourth-order valence-corrected chi connectivity index (χ4v) is 3.11. The number of rotatable bonds is 3. The Labute approximate surface area is 129 Å². The van der Waals surface area contributed by atoms with Crippen molar-refractivity contribution in [3.05, 3.63) is 30.1 Å². The van der Waals surface area contributed by atoms with E-state index in [1.807, 2.05) is 9.80 Å². The van der Waals surface area contributed by atoms with Crippen LogP contribution in [0.2, 0.25) is 0 Å². The molecule has 0 spiro atoms. The second kappa shape index (κ2) is 6.62. The highest BCUT2D eigenvalue weighted by Gasteiger charge is 2.26. The molecule has 1 N–H and O–H groups in total. The lowest BCUT2D eigenvalue weighted by Gasteiger charge is -2.36. The lowest BCUT2D eigenvalue weighted by atomic mass is 10.2. The molecule has 0 bridgehead atoms. The number of likely N-dealkylation sites (tertiary alicyclic amines) is 1. The number of amides is 1. The summed E-state index contributed by atoms with van der Waals surface area (Å²) < 4.78 is 12.9. The van der Waals surface area contributed by atoms with Crippen LogP contribution in [0.5, 0.6) is 0 Å². The van der Waals surface area contributed by atoms with Gasteiger partial charge in [0.25, 0.3) is 0 Å². The number of halogens is 1. The molecule has 1 aromatic rings. The van der Waals surface area contributed by atoms with Crippen molar-refractivity contribution in [2.75, 3.05) is 50.7 Å². The van der Waals surface area contributed by atoms with Gasteiger partial charge in [-0.1, -0.05) is 0 Å². The molecule has 22 heavy (non-hydrogen) atoms. The van der Waals surface area contributed by atoms with Crippen LogP contribution in [0, 0.1) is 5.82 Å². The number of carbonyl (C=O) groups excluding carboxylic acids is 1. The SMILES string of the molecule is O=C(CN1CC[C@H](O)C1)N1CCN(c2ccc(F)cc2)CC1. The van der Waals surface area contributed by atoms with E-state index in [1.165, 1.54) is 12.1 Å². The first-order valence-corrected chi connectivity index (χ1v) is 7.80. The Kier molecular flexibility index (Phi) is 4.59. The number of anilines is 1. The second-order valence-corrected chi connectivity index (χ2v) is 6.02. The summed E-state index contributed by atoms with van der Waals surface area (Å²) >= 11 is 0. The zero-order valence-electron chi connectivity index (χ0n) is 12.6. The fraction of sp³-hybridized carbons (Fsp3) is 0.562. The predicted octanol–water partition coefficient (Wildman–Crippen LogP) is 0.541. The number of benzene rings is 1. The molecule has 0 unspecified atom stereocenters. The van der Waals surface area contributed by atoms with E-state index >= 15 is 0 Å². The quantitative estimate of drug-likeness (QED) is 0.885. The monoisotopic (exact) mass is 307 g/mol. The Morgan fingerprint density at radius 1 is 1.14 bits per heavy atom. The third kappa shape index (κ3) is 3.56. The molecule has 0 saturated carbocycles. The van der Waals surface area contributed by atoms with Crippen molar-refractivity contribution < 1.29 is 14.3 Å². The minimum absolute atomic E-state index is 0.132. The van der Waals surface area contributed by atoms with Crippen molar-refractivity contribution in [1.82, 2.24) is 9.80 Å². The molecule has 3 rings (SSSR count). The van der Waals surface area contributed by atoms with E-state index in [4.69, 9.17) is 0 Å². The maximum Gasteiger partial charge on any atom is 0.236 e. The molecule has 1 amide bonds. The number of carbonyl (C=O) groups is 1. The first kappa shape index (κ1) is 15.2. The van der Waals surface area contributed by atoms with E-state index in [0.717, 1.165) is 31.7 Å². The van der Waals surface area contributed by atoms with Crippen molar-refractivity contribution in [3.8, 4) is 0 Å². The van der Waals surface area contributed by atoms with Crippen LogP contribution in [-0.4, -0.2) is 72.7 Å². The third-order valence-corrected chi connectivity index (χ3v) is 4.43. The van der Waals surface area contributed by atoms with Crippen LogP contribution in [0.3, 0.4) is 0 Å². The molecule has 0 aliphatic carbocycles. The molecule has 0 aromatic heterocycles. The fourth-order valence-electron chi connectivity index (χ4n) is 3.11. The maximum atomic E-state index is 12.9. The van der Waals surface area contributed by atoms with Crippen LogP contribution in [0.1, 0.15) is 6.42 Å². The van der Waals surface area contributed by atoms with Gasteiger partial charge in [0.05, 0.1) is 12.6 Å². The number of nitrogens with zero attached hydrogens (tertiary/aromatic N) is 3. The molecule has 2 aliphatic rings. The average molecular weight is 307 g/mol. The Bertz CT molecular complexity index is 515. The smallest absolute Gasteiger partial charge is 0.236 e. The largest absolute Gasteiger partial charge is 0.392 e. The van der Waals surface area contributed by atoms with Gasteiger partial charge in [-0.3, -0.25) is 9.69 Å². The van der Waals surface area contributed by atoms with Gasteiger partial charge in [0.15, 0.2) is 0 Å². The highest BCUT2D eigenvalue weighted by Crippen LogP contribution is 2.17. The second-order valence-electron chi connectivity index (χ2n) is 6.02. The van der Waals surface area contributed by atoms with Gasteiger partial charge in [-0.2, -0.15) is 0 Å². The van der Waals surface area contributed by atoms with Crippen molar-refractivity contribution in [3.63, 3.8) is 0 Å². The number of hydrogen-bond donors (Lipinski definition) is 1. The van der Waals surface area contributed by atoms with Crippen LogP contribution < -0.4 is 4.90 Å². The van der Waals surface area contributed by atoms with Gasteiger partial charge in [0, 0.05) is 45.0 Å². The third-order valence-electron chi connectivity index (χ3n) is 4.43. The van der Waals surface area contributed by atoms with E-state index in [-0.39, 0.29) is 17.8 Å². The van der Waals surface area contributed by atoms with Gasteiger partial charge in [-0.25, -0.2) is 4.39 Å². The van der Waals surface area contributed by atoms with E-state index in [1.54, 1.807) is 12.1 Å². The van der Waals surface area contributed by atoms with Gasteiger partial charge < -0.3 is 14.9 Å². The molecule has 2 saturated heterocycles. The van der Waals surface area contributed by atoms with E-state index in [0.29, 0.717) is 26.2 Å². The zero-order chi connectivity index (χ0) is 15.5. The zero-order valence-corrected chi connectivity index (χ0v) is 12.6. The normalized spacial score (nSPS) is 23.1. The van der Waals surface area contributed by atoms with E-state index < -0.39 is 0 Å². The van der Waals surface area contributed by atoms with E-state index in [2.05, 4.69) is 4.90 Å². The molecular weight excluding hydrogens is 285 g/mol. The molecular formula is C16H22FN3O2. The first-order chi connectivity index (χ1) is 10.6. The standard InChI is InChI=1S/C16H22FN3O2/c17-13-1-3-14(4-2-13)19-7-9-20(10-8-19)16(22)12-18-6-5-15(21)11-18/h1-4,15,21H,5-12H2/t15-/m0/s1. The molecule has 1 aromatic carbocycles. The van der Waals surface area contributed by atoms with Crippen LogP contribution in [0.4, 0.5) is 10.1 Å². The van der Waals surface area contributed by atoms with Gasteiger partial charge >= 0.3 is 0 Å². The lowest BCUT2D eigenvalue weighted by Crippen LogP contribution is -2.51. The number of hydrogen-bond acceptors (Lipinski definition) is 4. The number of aliphatic hydroxyl groups is 1. The topological polar surface area (TPSA) is 47.0 Å². The summed E-state index contributed by atoms with van der Waals surface area (Å²) in [7, 11) is 0. The van der Waals surface area contributed by atoms with Crippen molar-refractivity contribution in [2.45, 2.75) is 12.5 Å². The summed E-state index contributed by atoms with van der Waals surface area (Å²) in [4.78, 5) is 18.3. The maximum absolute atomic E-state index is 12.9. The number of piperazine rings is 1. The van der Waals surface area contributed by atoms with Crippen LogP contribution in [0.15, 0.2) is 24.3 Å². The summed E-state index contributed by atoms with van der Waals surface area (Å²) in [6.07, 6.45) is 0.467. The van der Waals surface area contributed by atoms with E-state index in [9.17, 15) is 14.3 Å². The van der Waals surface area contributed by atoms with Gasteiger partial charge in [-0.15, -0.1) is 0 Å². The minimum Gasteiger partial charge on any atom is -0.392 e. The number of β-amino-alcohol motifs (C(OH)–C–C–N with tert-alkyl or cyclic N) is 1. The molecule has 0 radical (unpaired) electrons. The Balaban J connectivity index is 1.48. The van der Waals surface area contributed by atoms with Gasteiger partial charge in [-0.05, 0) is 30.7 Å². The van der Waals surface area contributed by atoms with Crippen LogP contribution in [-0.2, 0) is 4.79 Å². The summed E-state index contributed by atoms with van der Waals surface area (Å²) in [6, 6.07) is 6.48. The first-order valence-electron chi connectivity index (χ1n) is 7.80. The van der Waals surface area contributed by atoms with Gasteiger partial charge in [0.1, 0.15) is 5.82 Å².